The molecule has 0 fully saturated rings. The molecule has 0 spiro atoms. The monoisotopic (exact) mass is 307 g/mol. The molecule has 2 aromatic rings. The van der Waals surface area contributed by atoms with E-state index in [0.717, 1.165) is 16.8 Å². The van der Waals surface area contributed by atoms with Crippen molar-refractivity contribution in [3.63, 3.8) is 0 Å². The zero-order valence-electron chi connectivity index (χ0n) is 13.0. The minimum absolute atomic E-state index is 0.257. The van der Waals surface area contributed by atoms with Gasteiger partial charge in [-0.1, -0.05) is 30.3 Å². The molecule has 0 saturated heterocycles. The third-order valence-electron chi connectivity index (χ3n) is 3.41. The van der Waals surface area contributed by atoms with Gasteiger partial charge in [-0.2, -0.15) is 5.26 Å². The van der Waals surface area contributed by atoms with Gasteiger partial charge in [0, 0.05) is 5.69 Å². The van der Waals surface area contributed by atoms with Crippen LogP contribution in [0.15, 0.2) is 42.5 Å². The first kappa shape index (κ1) is 16.2. The molecule has 5 nitrogen and oxygen atoms in total. The maximum absolute atomic E-state index is 12.6. The predicted molar refractivity (Wildman–Crippen MR) is 89.2 cm³/mol. The molecular weight excluding hydrogens is 290 g/mol. The normalized spacial score (nSPS) is 9.78. The molecule has 5 heteroatoms. The van der Waals surface area contributed by atoms with Crippen LogP contribution in [0.5, 0.6) is 0 Å². The first-order valence-corrected chi connectivity index (χ1v) is 7.16. The first-order chi connectivity index (χ1) is 11.0. The standard InChI is InChI=1S/C18H17N3O2/c1-12-6-5-7-13(2)17(12)21-18(23)14-8-3-4-9-15(14)20-16(22)10-11-19/h3-9H,10H2,1-2H3,(H,20,22)(H,21,23). The molecule has 116 valence electrons. The van der Waals surface area contributed by atoms with Crippen molar-refractivity contribution < 1.29 is 9.59 Å². The van der Waals surface area contributed by atoms with Gasteiger partial charge < -0.3 is 10.6 Å². The Morgan fingerprint density at radius 1 is 1.00 bits per heavy atom. The van der Waals surface area contributed by atoms with Crippen LogP contribution in [0.4, 0.5) is 11.4 Å². The summed E-state index contributed by atoms with van der Waals surface area (Å²) in [5.74, 6) is -0.755. The van der Waals surface area contributed by atoms with E-state index in [-0.39, 0.29) is 12.3 Å². The Hall–Kier alpha value is -3.13. The molecule has 2 amide bonds. The summed E-state index contributed by atoms with van der Waals surface area (Å²) in [5.41, 5.74) is 3.42. The lowest BCUT2D eigenvalue weighted by Gasteiger charge is -2.14. The summed E-state index contributed by atoms with van der Waals surface area (Å²) in [4.78, 5) is 24.1. The molecule has 0 bridgehead atoms. The van der Waals surface area contributed by atoms with E-state index in [9.17, 15) is 9.59 Å². The lowest BCUT2D eigenvalue weighted by atomic mass is 10.1. The molecule has 0 aliphatic rings. The van der Waals surface area contributed by atoms with Crippen molar-refractivity contribution in [2.45, 2.75) is 20.3 Å². The molecular formula is C18H17N3O2. The number of hydrogen-bond acceptors (Lipinski definition) is 3. The second-order valence-corrected chi connectivity index (χ2v) is 5.15. The number of rotatable bonds is 4. The van der Waals surface area contributed by atoms with Crippen molar-refractivity contribution in [1.29, 1.82) is 5.26 Å². The lowest BCUT2D eigenvalue weighted by Crippen LogP contribution is -2.18. The fraction of sp³-hybridized carbons (Fsp3) is 0.167. The highest BCUT2D eigenvalue weighted by Gasteiger charge is 2.14. The van der Waals surface area contributed by atoms with Gasteiger partial charge in [-0.25, -0.2) is 0 Å². The van der Waals surface area contributed by atoms with E-state index in [4.69, 9.17) is 5.26 Å². The Kier molecular flexibility index (Phi) is 5.11. The van der Waals surface area contributed by atoms with Crippen LogP contribution in [0, 0.1) is 25.2 Å². The van der Waals surface area contributed by atoms with Crippen LogP contribution < -0.4 is 10.6 Å². The van der Waals surface area contributed by atoms with Gasteiger partial charge >= 0.3 is 0 Å². The van der Waals surface area contributed by atoms with Crippen molar-refractivity contribution in [2.24, 2.45) is 0 Å². The summed E-state index contributed by atoms with van der Waals surface area (Å²) in [6.45, 7) is 3.84. The maximum Gasteiger partial charge on any atom is 0.257 e. The van der Waals surface area contributed by atoms with E-state index in [0.29, 0.717) is 11.3 Å². The number of hydrogen-bond donors (Lipinski definition) is 2. The fourth-order valence-electron chi connectivity index (χ4n) is 2.25. The number of nitriles is 1. The van der Waals surface area contributed by atoms with E-state index in [2.05, 4.69) is 10.6 Å². The first-order valence-electron chi connectivity index (χ1n) is 7.16. The third-order valence-corrected chi connectivity index (χ3v) is 3.41. The van der Waals surface area contributed by atoms with E-state index < -0.39 is 5.91 Å². The number of benzene rings is 2. The van der Waals surface area contributed by atoms with Crippen LogP contribution in [0.1, 0.15) is 27.9 Å². The van der Waals surface area contributed by atoms with Crippen molar-refractivity contribution in [1.82, 2.24) is 0 Å². The fourth-order valence-corrected chi connectivity index (χ4v) is 2.25. The number of carbonyl (C=O) groups is 2. The Balaban J connectivity index is 2.26. The van der Waals surface area contributed by atoms with Crippen LogP contribution in [-0.4, -0.2) is 11.8 Å². The van der Waals surface area contributed by atoms with Crippen molar-refractivity contribution in [3.05, 3.63) is 59.2 Å². The number of anilines is 2. The summed E-state index contributed by atoms with van der Waals surface area (Å²) in [5, 5.41) is 14.0. The van der Waals surface area contributed by atoms with Gasteiger partial charge in [0.05, 0.1) is 17.3 Å². The number of aryl methyl sites for hydroxylation is 2. The second-order valence-electron chi connectivity index (χ2n) is 5.15. The van der Waals surface area contributed by atoms with Gasteiger partial charge in [0.1, 0.15) is 6.42 Å². The van der Waals surface area contributed by atoms with Gasteiger partial charge in [0.15, 0.2) is 0 Å². The largest absolute Gasteiger partial charge is 0.324 e. The summed E-state index contributed by atoms with van der Waals surface area (Å²) >= 11 is 0. The molecule has 2 rings (SSSR count). The number of nitrogens with zero attached hydrogens (tertiary/aromatic N) is 1. The highest BCUT2D eigenvalue weighted by atomic mass is 16.2. The van der Waals surface area contributed by atoms with Crippen LogP contribution in [0.3, 0.4) is 0 Å². The predicted octanol–water partition coefficient (Wildman–Crippen LogP) is 3.41. The molecule has 0 heterocycles. The van der Waals surface area contributed by atoms with Crippen LogP contribution in [0.25, 0.3) is 0 Å². The van der Waals surface area contributed by atoms with Crippen LogP contribution >= 0.6 is 0 Å². The minimum atomic E-state index is -0.445. The third kappa shape index (κ3) is 3.95. The van der Waals surface area contributed by atoms with Crippen molar-refractivity contribution in [3.8, 4) is 6.07 Å². The molecule has 0 aliphatic heterocycles. The second kappa shape index (κ2) is 7.23. The quantitative estimate of drug-likeness (QED) is 0.908. The molecule has 0 unspecified atom stereocenters. The Morgan fingerprint density at radius 3 is 2.30 bits per heavy atom. The van der Waals surface area contributed by atoms with Crippen LogP contribution in [-0.2, 0) is 4.79 Å². The highest BCUT2D eigenvalue weighted by molar-refractivity contribution is 6.10. The average molecular weight is 307 g/mol. The van der Waals surface area contributed by atoms with Crippen molar-refractivity contribution >= 4 is 23.2 Å². The zero-order valence-corrected chi connectivity index (χ0v) is 13.0. The number of carbonyl (C=O) groups excluding carboxylic acids is 2. The minimum Gasteiger partial charge on any atom is -0.324 e. The molecule has 0 aromatic heterocycles. The highest BCUT2D eigenvalue weighted by Crippen LogP contribution is 2.22. The SMILES string of the molecule is Cc1cccc(C)c1NC(=O)c1ccccc1NC(=O)CC#N. The topological polar surface area (TPSA) is 82.0 Å². The van der Waals surface area contributed by atoms with Gasteiger partial charge in [-0.15, -0.1) is 0 Å². The lowest BCUT2D eigenvalue weighted by molar-refractivity contribution is -0.115. The summed E-state index contributed by atoms with van der Waals surface area (Å²) in [6, 6.07) is 14.3. The molecule has 0 saturated carbocycles. The number of nitrogens with one attached hydrogen (secondary N) is 2. The Bertz CT molecular complexity index is 771. The van der Waals surface area contributed by atoms with Crippen LogP contribution in [0.2, 0.25) is 0 Å². The Labute approximate surface area is 134 Å². The van der Waals surface area contributed by atoms with E-state index >= 15 is 0 Å². The van der Waals surface area contributed by atoms with E-state index in [1.807, 2.05) is 32.0 Å². The zero-order chi connectivity index (χ0) is 16.8. The maximum atomic E-state index is 12.6. The smallest absolute Gasteiger partial charge is 0.257 e. The summed E-state index contributed by atoms with van der Waals surface area (Å²) < 4.78 is 0. The van der Waals surface area contributed by atoms with E-state index in [1.54, 1.807) is 30.3 Å². The number of para-hydroxylation sites is 2. The molecule has 2 N–H and O–H groups in total. The Morgan fingerprint density at radius 2 is 1.65 bits per heavy atom. The summed E-state index contributed by atoms with van der Waals surface area (Å²) in [7, 11) is 0. The van der Waals surface area contributed by atoms with Crippen molar-refractivity contribution in [2.75, 3.05) is 10.6 Å². The molecule has 0 aliphatic carbocycles. The molecule has 2 aromatic carbocycles. The van der Waals surface area contributed by atoms with E-state index in [1.165, 1.54) is 0 Å². The molecule has 23 heavy (non-hydrogen) atoms. The summed E-state index contributed by atoms with van der Waals surface area (Å²) in [6.07, 6.45) is -0.257. The molecule has 0 radical (unpaired) electrons. The average Bonchev–Trinajstić information content (AvgIpc) is 2.51. The molecule has 0 atom stereocenters. The van der Waals surface area contributed by atoms with Gasteiger partial charge in [-0.05, 0) is 37.1 Å². The number of amides is 2. The van der Waals surface area contributed by atoms with Gasteiger partial charge in [0.25, 0.3) is 5.91 Å². The van der Waals surface area contributed by atoms with Gasteiger partial charge in [0.2, 0.25) is 5.91 Å². The van der Waals surface area contributed by atoms with Gasteiger partial charge in [-0.3, -0.25) is 9.59 Å².